The lowest BCUT2D eigenvalue weighted by Crippen LogP contribution is -2.31. The molecule has 2 aromatic carbocycles. The number of amides is 1. The van der Waals surface area contributed by atoms with Gasteiger partial charge in [0.05, 0.1) is 11.3 Å². The van der Waals surface area contributed by atoms with Crippen molar-refractivity contribution < 1.29 is 4.79 Å². The number of hydrogen-bond acceptors (Lipinski definition) is 5. The second-order valence-electron chi connectivity index (χ2n) is 6.36. The van der Waals surface area contributed by atoms with Gasteiger partial charge in [-0.1, -0.05) is 24.3 Å². The molecule has 0 radical (unpaired) electrons. The van der Waals surface area contributed by atoms with Gasteiger partial charge in [-0.2, -0.15) is 5.26 Å². The number of aryl methyl sites for hydroxylation is 2. The maximum atomic E-state index is 13.1. The maximum Gasteiger partial charge on any atom is 0.277 e. The molecule has 1 aromatic heterocycles. The van der Waals surface area contributed by atoms with Crippen molar-refractivity contribution in [3.05, 3.63) is 77.2 Å². The van der Waals surface area contributed by atoms with Crippen LogP contribution in [0.5, 0.6) is 0 Å². The fourth-order valence-electron chi connectivity index (χ4n) is 2.95. The van der Waals surface area contributed by atoms with Gasteiger partial charge in [-0.15, -0.1) is 0 Å². The molecule has 0 atom stereocenters. The first-order chi connectivity index (χ1) is 13.5. The van der Waals surface area contributed by atoms with Crippen molar-refractivity contribution in [2.75, 3.05) is 16.8 Å². The summed E-state index contributed by atoms with van der Waals surface area (Å²) in [6, 6.07) is 18.7. The molecule has 28 heavy (non-hydrogen) atoms. The largest absolute Gasteiger partial charge is 0.339 e. The van der Waals surface area contributed by atoms with Crippen LogP contribution in [0.4, 0.5) is 17.2 Å². The molecule has 0 aliphatic carbocycles. The monoisotopic (exact) mass is 371 g/mol. The van der Waals surface area contributed by atoms with Gasteiger partial charge in [0.25, 0.3) is 5.91 Å². The summed E-state index contributed by atoms with van der Waals surface area (Å²) >= 11 is 0. The van der Waals surface area contributed by atoms with Crippen molar-refractivity contribution in [1.29, 1.82) is 5.26 Å². The number of anilines is 3. The molecule has 0 spiro atoms. The Balaban J connectivity index is 1.94. The van der Waals surface area contributed by atoms with Crippen LogP contribution < -0.4 is 10.2 Å². The van der Waals surface area contributed by atoms with Crippen LogP contribution in [0.2, 0.25) is 0 Å². The van der Waals surface area contributed by atoms with Crippen molar-refractivity contribution in [1.82, 2.24) is 9.97 Å². The molecule has 0 aliphatic heterocycles. The van der Waals surface area contributed by atoms with Gasteiger partial charge >= 0.3 is 0 Å². The molecule has 0 aliphatic rings. The summed E-state index contributed by atoms with van der Waals surface area (Å²) in [5.41, 5.74) is 3.34. The molecule has 0 bridgehead atoms. The highest BCUT2D eigenvalue weighted by Crippen LogP contribution is 2.22. The minimum Gasteiger partial charge on any atom is -0.339 e. The van der Waals surface area contributed by atoms with Crippen LogP contribution in [0, 0.1) is 25.2 Å². The summed E-state index contributed by atoms with van der Waals surface area (Å²) in [4.78, 5) is 23.5. The third kappa shape index (κ3) is 4.15. The number of nitriles is 1. The summed E-state index contributed by atoms with van der Waals surface area (Å²) < 4.78 is 0. The Kier molecular flexibility index (Phi) is 5.66. The maximum absolute atomic E-state index is 13.1. The highest BCUT2D eigenvalue weighted by Gasteiger charge is 2.19. The average molecular weight is 371 g/mol. The van der Waals surface area contributed by atoms with E-state index in [9.17, 15) is 10.1 Å². The van der Waals surface area contributed by atoms with Gasteiger partial charge in [0, 0.05) is 18.3 Å². The predicted octanol–water partition coefficient (Wildman–Crippen LogP) is 4.38. The summed E-state index contributed by atoms with van der Waals surface area (Å²) in [6.45, 7) is 6.17. The fourth-order valence-corrected chi connectivity index (χ4v) is 2.95. The quantitative estimate of drug-likeness (QED) is 0.720. The molecular formula is C22H21N5O. The highest BCUT2D eigenvalue weighted by atomic mass is 16.2. The third-order valence-corrected chi connectivity index (χ3v) is 4.24. The average Bonchev–Trinajstić information content (AvgIpc) is 2.68. The van der Waals surface area contributed by atoms with Gasteiger partial charge in [0.2, 0.25) is 0 Å². The first kappa shape index (κ1) is 19.1. The molecule has 3 rings (SSSR count). The van der Waals surface area contributed by atoms with Crippen LogP contribution in [0.3, 0.4) is 0 Å². The number of hydrogen-bond donors (Lipinski definition) is 1. The van der Waals surface area contributed by atoms with Crippen LogP contribution in [0.25, 0.3) is 0 Å². The number of rotatable bonds is 5. The molecule has 1 N–H and O–H groups in total. The van der Waals surface area contributed by atoms with E-state index in [4.69, 9.17) is 0 Å². The zero-order valence-electron chi connectivity index (χ0n) is 16.1. The van der Waals surface area contributed by atoms with E-state index in [-0.39, 0.29) is 5.91 Å². The van der Waals surface area contributed by atoms with Crippen LogP contribution in [0.1, 0.15) is 34.4 Å². The topological polar surface area (TPSA) is 81.9 Å². The number of nitrogens with zero attached hydrogens (tertiary/aromatic N) is 4. The molecule has 6 heteroatoms. The second kappa shape index (κ2) is 8.31. The van der Waals surface area contributed by atoms with Gasteiger partial charge in [-0.3, -0.25) is 4.79 Å². The Morgan fingerprint density at radius 2 is 1.89 bits per heavy atom. The smallest absolute Gasteiger partial charge is 0.277 e. The molecular weight excluding hydrogens is 350 g/mol. The van der Waals surface area contributed by atoms with Crippen molar-refractivity contribution in [2.45, 2.75) is 20.8 Å². The molecule has 0 saturated heterocycles. The molecule has 3 aromatic rings. The third-order valence-electron chi connectivity index (χ3n) is 4.24. The van der Waals surface area contributed by atoms with Crippen molar-refractivity contribution in [2.24, 2.45) is 0 Å². The number of carbonyl (C=O) groups is 1. The Hall–Kier alpha value is -3.72. The standard InChI is InChI=1S/C22H21N5O/c1-4-27(18-10-7-8-15(2)12-18)22(28)20-13-21(25-16(3)24-20)26-19-11-6-5-9-17(19)14-23/h5-13H,4H2,1-3H3,(H,24,25,26). The van der Waals surface area contributed by atoms with Gasteiger partial charge in [0.1, 0.15) is 23.4 Å². The van der Waals surface area contributed by atoms with Gasteiger partial charge in [0.15, 0.2) is 0 Å². The summed E-state index contributed by atoms with van der Waals surface area (Å²) in [5.74, 6) is 0.747. The molecule has 1 amide bonds. The fraction of sp³-hybridized carbons (Fsp3) is 0.182. The Labute approximate surface area is 164 Å². The number of aromatic nitrogens is 2. The van der Waals surface area contributed by atoms with E-state index in [1.165, 1.54) is 0 Å². The van der Waals surface area contributed by atoms with Crippen molar-refractivity contribution in [3.63, 3.8) is 0 Å². The highest BCUT2D eigenvalue weighted by molar-refractivity contribution is 6.05. The van der Waals surface area contributed by atoms with Crippen LogP contribution in [-0.4, -0.2) is 22.4 Å². The number of nitrogens with one attached hydrogen (secondary N) is 1. The molecule has 1 heterocycles. The van der Waals surface area contributed by atoms with E-state index >= 15 is 0 Å². The summed E-state index contributed by atoms with van der Waals surface area (Å²) in [5, 5.41) is 12.4. The van der Waals surface area contributed by atoms with Crippen LogP contribution in [0.15, 0.2) is 54.6 Å². The molecule has 0 saturated carbocycles. The first-order valence-electron chi connectivity index (χ1n) is 9.02. The molecule has 0 unspecified atom stereocenters. The molecule has 140 valence electrons. The number of carbonyl (C=O) groups excluding carboxylic acids is 1. The predicted molar refractivity (Wildman–Crippen MR) is 110 cm³/mol. The first-order valence-corrected chi connectivity index (χ1v) is 9.02. The Morgan fingerprint density at radius 3 is 2.61 bits per heavy atom. The van der Waals surface area contributed by atoms with E-state index in [0.29, 0.717) is 35.1 Å². The Morgan fingerprint density at radius 1 is 1.11 bits per heavy atom. The van der Waals surface area contributed by atoms with Crippen molar-refractivity contribution in [3.8, 4) is 6.07 Å². The SMILES string of the molecule is CCN(C(=O)c1cc(Nc2ccccc2C#N)nc(C)n1)c1cccc(C)c1. The van der Waals surface area contributed by atoms with E-state index in [1.54, 1.807) is 36.1 Å². The lowest BCUT2D eigenvalue weighted by Gasteiger charge is -2.21. The van der Waals surface area contributed by atoms with Gasteiger partial charge < -0.3 is 10.2 Å². The van der Waals surface area contributed by atoms with E-state index in [2.05, 4.69) is 21.4 Å². The minimum atomic E-state index is -0.199. The summed E-state index contributed by atoms with van der Waals surface area (Å²) in [7, 11) is 0. The van der Waals surface area contributed by atoms with Gasteiger partial charge in [-0.05, 0) is 50.6 Å². The van der Waals surface area contributed by atoms with Crippen molar-refractivity contribution >= 4 is 23.1 Å². The second-order valence-corrected chi connectivity index (χ2v) is 6.36. The number of benzene rings is 2. The zero-order valence-corrected chi connectivity index (χ0v) is 16.1. The van der Waals surface area contributed by atoms with E-state index in [1.807, 2.05) is 44.2 Å². The summed E-state index contributed by atoms with van der Waals surface area (Å²) in [6.07, 6.45) is 0. The molecule has 0 fully saturated rings. The molecule has 6 nitrogen and oxygen atoms in total. The minimum absolute atomic E-state index is 0.199. The van der Waals surface area contributed by atoms with Gasteiger partial charge in [-0.25, -0.2) is 9.97 Å². The van der Waals surface area contributed by atoms with Crippen LogP contribution in [-0.2, 0) is 0 Å². The zero-order chi connectivity index (χ0) is 20.1. The van der Waals surface area contributed by atoms with E-state index in [0.717, 1.165) is 11.3 Å². The van der Waals surface area contributed by atoms with Crippen LogP contribution >= 0.6 is 0 Å². The normalized spacial score (nSPS) is 10.2. The Bertz CT molecular complexity index is 1050. The number of para-hydroxylation sites is 1. The lowest BCUT2D eigenvalue weighted by molar-refractivity contribution is 0.0983. The van der Waals surface area contributed by atoms with E-state index < -0.39 is 0 Å². The lowest BCUT2D eigenvalue weighted by atomic mass is 10.2.